The van der Waals surface area contributed by atoms with Crippen molar-refractivity contribution in [2.75, 3.05) is 0 Å². The van der Waals surface area contributed by atoms with Crippen molar-refractivity contribution >= 4 is 17.2 Å². The van der Waals surface area contributed by atoms with Crippen LogP contribution in [0.3, 0.4) is 0 Å². The Morgan fingerprint density at radius 3 is 2.58 bits per heavy atom. The summed E-state index contributed by atoms with van der Waals surface area (Å²) in [5.41, 5.74) is 0.748. The molecule has 24 heavy (non-hydrogen) atoms. The van der Waals surface area contributed by atoms with E-state index < -0.39 is 17.6 Å². The summed E-state index contributed by atoms with van der Waals surface area (Å²) in [5.74, 6) is -1.07. The minimum Gasteiger partial charge on any atom is -0.235 e. The highest BCUT2D eigenvalue weighted by molar-refractivity contribution is 6.29. The maximum absolute atomic E-state index is 14.1. The van der Waals surface area contributed by atoms with Gasteiger partial charge < -0.3 is 0 Å². The second-order valence-corrected chi connectivity index (χ2v) is 6.19. The summed E-state index contributed by atoms with van der Waals surface area (Å²) in [6, 6.07) is 4.36. The highest BCUT2D eigenvalue weighted by Crippen LogP contribution is 2.56. The molecule has 0 spiro atoms. The van der Waals surface area contributed by atoms with Crippen molar-refractivity contribution in [3.63, 3.8) is 0 Å². The Morgan fingerprint density at radius 2 is 1.88 bits per heavy atom. The number of aromatic nitrogens is 3. The molecule has 0 aliphatic heterocycles. The van der Waals surface area contributed by atoms with Crippen molar-refractivity contribution in [2.45, 2.75) is 24.4 Å². The summed E-state index contributed by atoms with van der Waals surface area (Å²) < 4.78 is 53.6. The Labute approximate surface area is 138 Å². The van der Waals surface area contributed by atoms with Gasteiger partial charge in [0.25, 0.3) is 0 Å². The van der Waals surface area contributed by atoms with E-state index in [9.17, 15) is 17.6 Å². The minimum atomic E-state index is -4.55. The van der Waals surface area contributed by atoms with Gasteiger partial charge in [-0.15, -0.1) is 0 Å². The van der Waals surface area contributed by atoms with Gasteiger partial charge in [0.2, 0.25) is 0 Å². The third-order valence-corrected chi connectivity index (χ3v) is 4.46. The molecule has 124 valence electrons. The van der Waals surface area contributed by atoms with E-state index in [0.29, 0.717) is 18.1 Å². The van der Waals surface area contributed by atoms with Crippen LogP contribution in [0.15, 0.2) is 36.7 Å². The molecule has 0 N–H and O–H groups in total. The lowest BCUT2D eigenvalue weighted by Gasteiger charge is -2.09. The standard InChI is InChI=1S/C16H10ClF4N3/c17-14-7-12(15-22-3-4-24(15)23-14)11-6-10(11)9-2-1-8(5-13(9)18)16(19,20)21/h1-5,7,10-11H,6H2/t10-,11+/m1/s1. The Balaban J connectivity index is 1.68. The fourth-order valence-electron chi connectivity index (χ4n) is 3.07. The van der Waals surface area contributed by atoms with Gasteiger partial charge in [-0.2, -0.15) is 18.3 Å². The van der Waals surface area contributed by atoms with Gasteiger partial charge in [-0.3, -0.25) is 0 Å². The van der Waals surface area contributed by atoms with Crippen molar-refractivity contribution in [3.05, 3.63) is 64.3 Å². The van der Waals surface area contributed by atoms with Crippen molar-refractivity contribution in [1.29, 1.82) is 0 Å². The number of hydrogen-bond donors (Lipinski definition) is 0. The molecular formula is C16H10ClF4N3. The lowest BCUT2D eigenvalue weighted by atomic mass is 10.0. The number of imidazole rings is 1. The second-order valence-electron chi connectivity index (χ2n) is 5.80. The maximum Gasteiger partial charge on any atom is 0.416 e. The monoisotopic (exact) mass is 355 g/mol. The molecule has 0 saturated heterocycles. The Hall–Kier alpha value is -2.15. The van der Waals surface area contributed by atoms with E-state index in [1.54, 1.807) is 18.5 Å². The van der Waals surface area contributed by atoms with Gasteiger partial charge in [-0.1, -0.05) is 17.7 Å². The number of nitrogens with zero attached hydrogens (tertiary/aromatic N) is 3. The molecule has 1 aromatic carbocycles. The van der Waals surface area contributed by atoms with E-state index >= 15 is 0 Å². The van der Waals surface area contributed by atoms with Crippen LogP contribution in [-0.2, 0) is 6.18 Å². The summed E-state index contributed by atoms with van der Waals surface area (Å²) in [5, 5.41) is 4.37. The molecule has 1 aliphatic carbocycles. The third kappa shape index (κ3) is 2.53. The van der Waals surface area contributed by atoms with Crippen LogP contribution in [0.1, 0.15) is 34.9 Å². The van der Waals surface area contributed by atoms with Crippen LogP contribution in [0.5, 0.6) is 0 Å². The molecule has 8 heteroatoms. The molecule has 2 heterocycles. The lowest BCUT2D eigenvalue weighted by molar-refractivity contribution is -0.137. The smallest absolute Gasteiger partial charge is 0.235 e. The SMILES string of the molecule is Fc1cc(C(F)(F)F)ccc1[C@H]1C[C@@H]1c1cc(Cl)nn2ccnc12. The molecule has 1 aliphatic rings. The van der Waals surface area contributed by atoms with Crippen LogP contribution < -0.4 is 0 Å². The largest absolute Gasteiger partial charge is 0.416 e. The zero-order valence-corrected chi connectivity index (χ0v) is 12.8. The van der Waals surface area contributed by atoms with E-state index in [-0.39, 0.29) is 22.6 Å². The highest BCUT2D eigenvalue weighted by atomic mass is 35.5. The Bertz CT molecular complexity index is 935. The van der Waals surface area contributed by atoms with E-state index in [0.717, 1.165) is 11.6 Å². The average Bonchev–Trinajstić information content (AvgIpc) is 3.14. The van der Waals surface area contributed by atoms with E-state index in [2.05, 4.69) is 10.1 Å². The minimum absolute atomic E-state index is 0.0402. The van der Waals surface area contributed by atoms with Crippen molar-refractivity contribution in [3.8, 4) is 0 Å². The first-order valence-corrected chi connectivity index (χ1v) is 7.59. The van der Waals surface area contributed by atoms with Crippen molar-refractivity contribution in [1.82, 2.24) is 14.6 Å². The van der Waals surface area contributed by atoms with Crippen LogP contribution >= 0.6 is 11.6 Å². The predicted molar refractivity (Wildman–Crippen MR) is 79.5 cm³/mol. The topological polar surface area (TPSA) is 30.2 Å². The van der Waals surface area contributed by atoms with Crippen molar-refractivity contribution < 1.29 is 17.6 Å². The van der Waals surface area contributed by atoms with E-state index in [1.807, 2.05) is 0 Å². The second kappa shape index (κ2) is 5.17. The zero-order valence-electron chi connectivity index (χ0n) is 12.1. The maximum atomic E-state index is 14.1. The van der Waals surface area contributed by atoms with Gasteiger partial charge in [-0.25, -0.2) is 13.9 Å². The molecular weight excluding hydrogens is 346 g/mol. The van der Waals surface area contributed by atoms with Gasteiger partial charge in [0.05, 0.1) is 5.56 Å². The number of rotatable bonds is 2. The number of benzene rings is 1. The summed E-state index contributed by atoms with van der Waals surface area (Å²) in [7, 11) is 0. The van der Waals surface area contributed by atoms with Crippen LogP contribution in [0.4, 0.5) is 17.6 Å². The zero-order chi connectivity index (χ0) is 17.1. The van der Waals surface area contributed by atoms with Gasteiger partial charge in [0.1, 0.15) is 11.0 Å². The number of alkyl halides is 3. The predicted octanol–water partition coefficient (Wildman–Crippen LogP) is 4.81. The van der Waals surface area contributed by atoms with E-state index in [1.165, 1.54) is 10.6 Å². The summed E-state index contributed by atoms with van der Waals surface area (Å²) in [6.07, 6.45) is -0.687. The Kier molecular flexibility index (Phi) is 3.32. The van der Waals surface area contributed by atoms with Gasteiger partial charge in [0, 0.05) is 18.0 Å². The molecule has 1 fully saturated rings. The highest BCUT2D eigenvalue weighted by Gasteiger charge is 2.43. The van der Waals surface area contributed by atoms with Crippen LogP contribution in [0.25, 0.3) is 5.65 Å². The molecule has 2 atom stereocenters. The molecule has 1 saturated carbocycles. The van der Waals surface area contributed by atoms with Gasteiger partial charge in [0.15, 0.2) is 5.65 Å². The van der Waals surface area contributed by atoms with Gasteiger partial charge in [-0.05, 0) is 42.0 Å². The number of halogens is 5. The normalized spacial score (nSPS) is 20.5. The number of hydrogen-bond acceptors (Lipinski definition) is 2. The first-order chi connectivity index (χ1) is 11.3. The first kappa shape index (κ1) is 15.4. The summed E-state index contributed by atoms with van der Waals surface area (Å²) in [4.78, 5) is 4.22. The van der Waals surface area contributed by atoms with Gasteiger partial charge >= 0.3 is 6.18 Å². The summed E-state index contributed by atoms with van der Waals surface area (Å²) >= 11 is 5.99. The third-order valence-electron chi connectivity index (χ3n) is 4.27. The van der Waals surface area contributed by atoms with Crippen LogP contribution in [0, 0.1) is 5.82 Å². The Morgan fingerprint density at radius 1 is 1.12 bits per heavy atom. The molecule has 3 aromatic rings. The van der Waals surface area contributed by atoms with Crippen LogP contribution in [-0.4, -0.2) is 14.6 Å². The molecule has 0 radical (unpaired) electrons. The fourth-order valence-corrected chi connectivity index (χ4v) is 3.27. The molecule has 0 bridgehead atoms. The number of fused-ring (bicyclic) bond motifs is 1. The molecule has 0 unspecified atom stereocenters. The molecule has 4 rings (SSSR count). The molecule has 0 amide bonds. The van der Waals surface area contributed by atoms with Crippen molar-refractivity contribution in [2.24, 2.45) is 0 Å². The quantitative estimate of drug-likeness (QED) is 0.617. The summed E-state index contributed by atoms with van der Waals surface area (Å²) in [6.45, 7) is 0. The molecule has 2 aromatic heterocycles. The van der Waals surface area contributed by atoms with E-state index in [4.69, 9.17) is 11.6 Å². The first-order valence-electron chi connectivity index (χ1n) is 7.21. The average molecular weight is 356 g/mol. The molecule has 3 nitrogen and oxygen atoms in total. The lowest BCUT2D eigenvalue weighted by Crippen LogP contribution is -2.06. The van der Waals surface area contributed by atoms with Crippen LogP contribution in [0.2, 0.25) is 5.15 Å². The fraction of sp³-hybridized carbons (Fsp3) is 0.250.